The van der Waals surface area contributed by atoms with Crippen molar-refractivity contribution in [3.8, 4) is 0 Å². The predicted octanol–water partition coefficient (Wildman–Crippen LogP) is 7.35. The molecule has 4 unspecified atom stereocenters. The smallest absolute Gasteiger partial charge is 0.318 e. The van der Waals surface area contributed by atoms with Crippen molar-refractivity contribution in [3.05, 3.63) is 61.8 Å². The zero-order chi connectivity index (χ0) is 30.0. The van der Waals surface area contributed by atoms with E-state index in [0.29, 0.717) is 69.8 Å². The Balaban J connectivity index is 3.03. The van der Waals surface area contributed by atoms with E-state index in [2.05, 4.69) is 26.3 Å². The first-order valence-electron chi connectivity index (χ1n) is 14.4. The summed E-state index contributed by atoms with van der Waals surface area (Å²) in [5.74, 6) is -4.52. The number of allylic oxidation sites excluding steroid dienone is 5. The molecule has 1 heterocycles. The first-order chi connectivity index (χ1) is 19.0. The second-order valence-corrected chi connectivity index (χ2v) is 11.3. The molecular formula is C33H46O7. The van der Waals surface area contributed by atoms with Crippen LogP contribution in [0, 0.1) is 22.2 Å². The zero-order valence-electron chi connectivity index (χ0n) is 24.1. The summed E-state index contributed by atoms with van der Waals surface area (Å²) in [5, 5.41) is 22.1. The molecule has 220 valence electrons. The molecule has 0 saturated carbocycles. The number of carbonyl (C=O) groups is 4. The Morgan fingerprint density at radius 1 is 0.850 bits per heavy atom. The van der Waals surface area contributed by atoms with Crippen LogP contribution in [0.1, 0.15) is 96.8 Å². The van der Waals surface area contributed by atoms with E-state index in [4.69, 9.17) is 4.74 Å². The summed E-state index contributed by atoms with van der Waals surface area (Å²) >= 11 is 0. The monoisotopic (exact) mass is 554 g/mol. The highest BCUT2D eigenvalue weighted by Gasteiger charge is 2.69. The standard InChI is InChI=1S/C33H46O7/c1-6-10-14-18-25-24(5)33(30(38)39,21-17-13-9-4)32(29(36)37,20-16-12-8-3)23-31(25,19-15-11-7-2)26-22-27(34)40-28(26)35/h6-9,26H,1-4,10-23H2,5H3,(H,36,37)(H,38,39). The summed E-state index contributed by atoms with van der Waals surface area (Å²) in [6.45, 7) is 16.9. The van der Waals surface area contributed by atoms with Gasteiger partial charge < -0.3 is 14.9 Å². The van der Waals surface area contributed by atoms with Gasteiger partial charge in [0.15, 0.2) is 0 Å². The van der Waals surface area contributed by atoms with Crippen LogP contribution in [-0.4, -0.2) is 34.1 Å². The Morgan fingerprint density at radius 2 is 1.38 bits per heavy atom. The maximum Gasteiger partial charge on any atom is 0.318 e. The third-order valence-electron chi connectivity index (χ3n) is 9.28. The van der Waals surface area contributed by atoms with E-state index in [1.54, 1.807) is 31.2 Å². The average molecular weight is 555 g/mol. The Hall–Kier alpha value is -3.22. The summed E-state index contributed by atoms with van der Waals surface area (Å²) in [7, 11) is 0. The Bertz CT molecular complexity index is 1050. The van der Waals surface area contributed by atoms with Crippen molar-refractivity contribution in [1.82, 2.24) is 0 Å². The quantitative estimate of drug-likeness (QED) is 0.0741. The van der Waals surface area contributed by atoms with Crippen LogP contribution in [-0.2, 0) is 23.9 Å². The van der Waals surface area contributed by atoms with Gasteiger partial charge in [0.2, 0.25) is 0 Å². The van der Waals surface area contributed by atoms with Gasteiger partial charge in [0.25, 0.3) is 0 Å². The van der Waals surface area contributed by atoms with Crippen LogP contribution in [0.4, 0.5) is 0 Å². The van der Waals surface area contributed by atoms with Gasteiger partial charge in [-0.1, -0.05) is 35.5 Å². The molecule has 0 bridgehead atoms. The molecule has 4 atom stereocenters. The molecule has 0 aromatic carbocycles. The third-order valence-corrected chi connectivity index (χ3v) is 9.28. The predicted molar refractivity (Wildman–Crippen MR) is 155 cm³/mol. The second kappa shape index (κ2) is 14.4. The van der Waals surface area contributed by atoms with Gasteiger partial charge in [-0.05, 0) is 90.4 Å². The Kier molecular flexibility index (Phi) is 11.9. The molecule has 0 aromatic heterocycles. The fourth-order valence-corrected chi connectivity index (χ4v) is 7.48. The highest BCUT2D eigenvalue weighted by molar-refractivity contribution is 5.96. The molecule has 7 nitrogen and oxygen atoms in total. The van der Waals surface area contributed by atoms with E-state index >= 15 is 0 Å². The van der Waals surface area contributed by atoms with Crippen LogP contribution >= 0.6 is 0 Å². The number of esters is 2. The second-order valence-electron chi connectivity index (χ2n) is 11.3. The highest BCUT2D eigenvalue weighted by Crippen LogP contribution is 2.68. The van der Waals surface area contributed by atoms with Crippen molar-refractivity contribution in [2.75, 3.05) is 0 Å². The van der Waals surface area contributed by atoms with Gasteiger partial charge in [-0.15, -0.1) is 26.3 Å². The van der Waals surface area contributed by atoms with Crippen LogP contribution in [0.2, 0.25) is 0 Å². The molecule has 1 saturated heterocycles. The van der Waals surface area contributed by atoms with Gasteiger partial charge in [0, 0.05) is 5.41 Å². The molecule has 0 spiro atoms. The molecule has 2 N–H and O–H groups in total. The molecule has 7 heteroatoms. The molecule has 0 radical (unpaired) electrons. The Morgan fingerprint density at radius 3 is 1.85 bits per heavy atom. The summed E-state index contributed by atoms with van der Waals surface area (Å²) < 4.78 is 5.05. The van der Waals surface area contributed by atoms with Crippen LogP contribution in [0.5, 0.6) is 0 Å². The van der Waals surface area contributed by atoms with Crippen LogP contribution < -0.4 is 0 Å². The summed E-state index contributed by atoms with van der Waals surface area (Å²) in [5.41, 5.74) is -3.15. The molecular weight excluding hydrogens is 508 g/mol. The van der Waals surface area contributed by atoms with Crippen molar-refractivity contribution >= 4 is 23.9 Å². The summed E-state index contributed by atoms with van der Waals surface area (Å²) in [4.78, 5) is 52.8. The molecule has 2 rings (SSSR count). The minimum absolute atomic E-state index is 0.0577. The number of ether oxygens (including phenoxy) is 1. The maximum atomic E-state index is 13.6. The molecule has 1 aliphatic carbocycles. The van der Waals surface area contributed by atoms with E-state index in [1.165, 1.54) is 0 Å². The van der Waals surface area contributed by atoms with Crippen molar-refractivity contribution in [2.24, 2.45) is 22.2 Å². The maximum absolute atomic E-state index is 13.6. The third kappa shape index (κ3) is 6.08. The number of unbranched alkanes of at least 4 members (excludes halogenated alkanes) is 4. The van der Waals surface area contributed by atoms with Crippen molar-refractivity contribution in [1.29, 1.82) is 0 Å². The van der Waals surface area contributed by atoms with E-state index in [9.17, 15) is 29.4 Å². The minimum atomic E-state index is -1.71. The first kappa shape index (κ1) is 33.0. The van der Waals surface area contributed by atoms with E-state index in [0.717, 1.165) is 5.57 Å². The van der Waals surface area contributed by atoms with E-state index in [1.807, 2.05) is 0 Å². The topological polar surface area (TPSA) is 118 Å². The van der Waals surface area contributed by atoms with Crippen molar-refractivity contribution in [3.63, 3.8) is 0 Å². The molecule has 1 fully saturated rings. The first-order valence-corrected chi connectivity index (χ1v) is 14.4. The average Bonchev–Trinajstić information content (AvgIpc) is 3.25. The van der Waals surface area contributed by atoms with Gasteiger partial charge >= 0.3 is 23.9 Å². The van der Waals surface area contributed by atoms with Crippen LogP contribution in [0.3, 0.4) is 0 Å². The van der Waals surface area contributed by atoms with Crippen molar-refractivity contribution in [2.45, 2.75) is 96.8 Å². The molecule has 1 aliphatic heterocycles. The van der Waals surface area contributed by atoms with Gasteiger partial charge in [-0.25, -0.2) is 0 Å². The van der Waals surface area contributed by atoms with E-state index < -0.39 is 46.0 Å². The lowest BCUT2D eigenvalue weighted by Gasteiger charge is -2.58. The van der Waals surface area contributed by atoms with Gasteiger partial charge in [-0.2, -0.15) is 0 Å². The number of hydrogen-bond donors (Lipinski definition) is 2. The number of rotatable bonds is 19. The number of aliphatic carboxylic acids is 2. The number of carbonyl (C=O) groups excluding carboxylic acids is 2. The lowest BCUT2D eigenvalue weighted by Crippen LogP contribution is -2.60. The van der Waals surface area contributed by atoms with Gasteiger partial charge in [0.1, 0.15) is 5.41 Å². The van der Waals surface area contributed by atoms with E-state index in [-0.39, 0.29) is 25.7 Å². The molecule has 0 amide bonds. The van der Waals surface area contributed by atoms with Gasteiger partial charge in [-0.3, -0.25) is 19.2 Å². The fourth-order valence-electron chi connectivity index (χ4n) is 7.48. The molecule has 2 aliphatic rings. The zero-order valence-corrected chi connectivity index (χ0v) is 24.1. The fraction of sp³-hybridized carbons (Fsp3) is 0.576. The minimum Gasteiger partial charge on any atom is -0.481 e. The van der Waals surface area contributed by atoms with Gasteiger partial charge in [0.05, 0.1) is 17.8 Å². The Labute approximate surface area is 238 Å². The lowest BCUT2D eigenvalue weighted by molar-refractivity contribution is -0.180. The SMILES string of the molecule is C=CCCCC1=C(C)C(CCCC=C)(C(=O)O)C(CCCC=C)(C(=O)O)CC1(CCCC=C)C1CC(=O)OC1=O. The lowest BCUT2D eigenvalue weighted by atomic mass is 9.42. The van der Waals surface area contributed by atoms with Crippen molar-refractivity contribution < 1.29 is 34.1 Å². The molecule has 0 aromatic rings. The number of carboxylic acids is 2. The normalized spacial score (nSPS) is 28.2. The molecule has 40 heavy (non-hydrogen) atoms. The largest absolute Gasteiger partial charge is 0.481 e. The number of cyclic esters (lactones) is 2. The number of hydrogen-bond acceptors (Lipinski definition) is 5. The van der Waals surface area contributed by atoms with Crippen LogP contribution in [0.15, 0.2) is 61.8 Å². The van der Waals surface area contributed by atoms with Crippen LogP contribution in [0.25, 0.3) is 0 Å². The summed E-state index contributed by atoms with van der Waals surface area (Å²) in [6, 6.07) is 0. The number of carboxylic acid groups (broad SMARTS) is 2. The summed E-state index contributed by atoms with van der Waals surface area (Å²) in [6.07, 6.45) is 12.4. The highest BCUT2D eigenvalue weighted by atomic mass is 16.6.